The van der Waals surface area contributed by atoms with Crippen molar-refractivity contribution in [1.29, 1.82) is 0 Å². The quantitative estimate of drug-likeness (QED) is 0.156. The number of ketones is 1. The van der Waals surface area contributed by atoms with Crippen molar-refractivity contribution < 1.29 is 33.4 Å². The molecule has 0 aromatic heterocycles. The van der Waals surface area contributed by atoms with E-state index in [1.54, 1.807) is 0 Å². The standard InChI is InChI=1S/C31H47BrO7/c1-19(33)38-18-31(26(36)37-17-16-32)15-14-29(6)21(25(31)35)8-9-23-28(5)12-11-24(39-20(2)34)27(3,4)22(28)10-13-30(23,29)7/h21-24H,8-18H2,1-7H3/t21-,22+,23-,24+,28+,29-,30-,31+/m1/s1. The van der Waals surface area contributed by atoms with Crippen molar-refractivity contribution in [3.63, 3.8) is 0 Å². The third-order valence-electron chi connectivity index (χ3n) is 12.2. The molecule has 0 saturated heterocycles. The number of hydrogen-bond donors (Lipinski definition) is 0. The summed E-state index contributed by atoms with van der Waals surface area (Å²) in [6.45, 7) is 14.4. The highest BCUT2D eigenvalue weighted by atomic mass is 79.9. The first-order valence-corrected chi connectivity index (χ1v) is 15.8. The van der Waals surface area contributed by atoms with Gasteiger partial charge in [0.25, 0.3) is 0 Å². The van der Waals surface area contributed by atoms with Gasteiger partial charge in [0.15, 0.2) is 11.2 Å². The molecule has 0 heterocycles. The molecule has 4 aliphatic rings. The van der Waals surface area contributed by atoms with Gasteiger partial charge in [0, 0.05) is 30.5 Å². The van der Waals surface area contributed by atoms with Crippen molar-refractivity contribution in [1.82, 2.24) is 0 Å². The number of carbonyl (C=O) groups excluding carboxylic acids is 4. The fourth-order valence-electron chi connectivity index (χ4n) is 10.0. The van der Waals surface area contributed by atoms with E-state index in [9.17, 15) is 19.2 Å². The smallest absolute Gasteiger partial charge is 0.323 e. The summed E-state index contributed by atoms with van der Waals surface area (Å²) in [5.41, 5.74) is -1.84. The summed E-state index contributed by atoms with van der Waals surface area (Å²) in [6, 6.07) is 0. The van der Waals surface area contributed by atoms with Gasteiger partial charge in [0.05, 0.1) is 0 Å². The molecule has 0 spiro atoms. The molecule has 0 aromatic carbocycles. The molecule has 4 rings (SSSR count). The second-order valence-corrected chi connectivity index (χ2v) is 14.9. The number of hydrogen-bond acceptors (Lipinski definition) is 7. The number of fused-ring (bicyclic) bond motifs is 5. The second-order valence-electron chi connectivity index (χ2n) is 14.1. The van der Waals surface area contributed by atoms with Crippen LogP contribution in [0.1, 0.15) is 99.8 Å². The third kappa shape index (κ3) is 4.59. The maximum atomic E-state index is 14.4. The van der Waals surface area contributed by atoms with E-state index in [0.717, 1.165) is 38.5 Å². The lowest BCUT2D eigenvalue weighted by Gasteiger charge is -2.71. The Kier molecular flexibility index (Phi) is 8.17. The van der Waals surface area contributed by atoms with Crippen LogP contribution in [-0.2, 0) is 33.4 Å². The molecule has 4 fully saturated rings. The Morgan fingerprint density at radius 3 is 2.13 bits per heavy atom. The van der Waals surface area contributed by atoms with Crippen LogP contribution in [0.25, 0.3) is 0 Å². The average Bonchev–Trinajstić information content (AvgIpc) is 2.84. The van der Waals surface area contributed by atoms with Gasteiger partial charge in [0.1, 0.15) is 19.3 Å². The van der Waals surface area contributed by atoms with Gasteiger partial charge in [-0.15, -0.1) is 0 Å². The van der Waals surface area contributed by atoms with Crippen molar-refractivity contribution >= 4 is 39.6 Å². The van der Waals surface area contributed by atoms with E-state index >= 15 is 0 Å². The zero-order valence-electron chi connectivity index (χ0n) is 24.8. The van der Waals surface area contributed by atoms with Crippen LogP contribution < -0.4 is 0 Å². The first-order chi connectivity index (χ1) is 18.1. The monoisotopic (exact) mass is 610 g/mol. The van der Waals surface area contributed by atoms with Crippen molar-refractivity contribution in [3.05, 3.63) is 0 Å². The molecule has 0 unspecified atom stereocenters. The average molecular weight is 612 g/mol. The molecule has 0 N–H and O–H groups in total. The molecule has 0 bridgehead atoms. The highest BCUT2D eigenvalue weighted by molar-refractivity contribution is 9.09. The summed E-state index contributed by atoms with van der Waals surface area (Å²) in [5.74, 6) is -0.827. The Labute approximate surface area is 242 Å². The lowest BCUT2D eigenvalue weighted by Crippen LogP contribution is -2.68. The number of carbonyl (C=O) groups is 4. The number of alkyl halides is 1. The molecular formula is C31H47BrO7. The Bertz CT molecular complexity index is 1020. The topological polar surface area (TPSA) is 96.0 Å². The van der Waals surface area contributed by atoms with Gasteiger partial charge in [-0.3, -0.25) is 19.2 Å². The predicted molar refractivity (Wildman–Crippen MR) is 150 cm³/mol. The zero-order chi connectivity index (χ0) is 29.0. The molecule has 4 saturated carbocycles. The highest BCUT2D eigenvalue weighted by Gasteiger charge is 2.71. The molecular weight excluding hydrogens is 564 g/mol. The fraction of sp³-hybridized carbons (Fsp3) is 0.871. The molecule has 39 heavy (non-hydrogen) atoms. The molecule has 0 amide bonds. The van der Waals surface area contributed by atoms with Gasteiger partial charge >= 0.3 is 17.9 Å². The number of ether oxygens (including phenoxy) is 3. The largest absolute Gasteiger partial charge is 0.464 e. The maximum absolute atomic E-state index is 14.4. The van der Waals surface area contributed by atoms with Crippen LogP contribution in [-0.4, -0.2) is 48.3 Å². The summed E-state index contributed by atoms with van der Waals surface area (Å²) >= 11 is 3.29. The van der Waals surface area contributed by atoms with Crippen LogP contribution in [0.3, 0.4) is 0 Å². The van der Waals surface area contributed by atoms with Gasteiger partial charge < -0.3 is 14.2 Å². The minimum Gasteiger partial charge on any atom is -0.464 e. The lowest BCUT2D eigenvalue weighted by atomic mass is 9.33. The van der Waals surface area contributed by atoms with Crippen molar-refractivity contribution in [2.24, 2.45) is 44.8 Å². The summed E-state index contributed by atoms with van der Waals surface area (Å²) in [4.78, 5) is 51.4. The molecule has 8 atom stereocenters. The van der Waals surface area contributed by atoms with E-state index in [1.807, 2.05) is 0 Å². The van der Waals surface area contributed by atoms with Gasteiger partial charge in [-0.25, -0.2) is 0 Å². The van der Waals surface area contributed by atoms with Crippen molar-refractivity contribution in [3.8, 4) is 0 Å². The Morgan fingerprint density at radius 1 is 0.821 bits per heavy atom. The molecule has 8 heteroatoms. The molecule has 0 radical (unpaired) electrons. The summed E-state index contributed by atoms with van der Waals surface area (Å²) in [7, 11) is 0. The normalized spacial score (nSPS) is 42.8. The van der Waals surface area contributed by atoms with Gasteiger partial charge in [0.2, 0.25) is 0 Å². The number of halogens is 1. The van der Waals surface area contributed by atoms with E-state index in [4.69, 9.17) is 14.2 Å². The number of esters is 3. The Morgan fingerprint density at radius 2 is 1.51 bits per heavy atom. The molecule has 0 aromatic rings. The van der Waals surface area contributed by atoms with E-state index in [1.165, 1.54) is 13.8 Å². The zero-order valence-corrected chi connectivity index (χ0v) is 26.4. The van der Waals surface area contributed by atoms with Crippen molar-refractivity contribution in [2.45, 2.75) is 106 Å². The third-order valence-corrected chi connectivity index (χ3v) is 12.5. The van der Waals surface area contributed by atoms with E-state index in [-0.39, 0.29) is 58.6 Å². The minimum atomic E-state index is -1.44. The van der Waals surface area contributed by atoms with Crippen LogP contribution >= 0.6 is 15.9 Å². The van der Waals surface area contributed by atoms with Crippen LogP contribution in [0, 0.1) is 44.8 Å². The van der Waals surface area contributed by atoms with Crippen molar-refractivity contribution in [2.75, 3.05) is 18.5 Å². The maximum Gasteiger partial charge on any atom is 0.323 e. The van der Waals surface area contributed by atoms with E-state index < -0.39 is 17.4 Å². The van der Waals surface area contributed by atoms with Gasteiger partial charge in [-0.05, 0) is 79.4 Å². The van der Waals surface area contributed by atoms with Crippen LogP contribution in [0.5, 0.6) is 0 Å². The number of Topliss-reactive ketones (excluding diaryl/α,β-unsaturated/α-hetero) is 1. The van der Waals surface area contributed by atoms with Crippen LogP contribution in [0.15, 0.2) is 0 Å². The molecule has 7 nitrogen and oxygen atoms in total. The Hall–Kier alpha value is -1.44. The summed E-state index contributed by atoms with van der Waals surface area (Å²) < 4.78 is 16.7. The van der Waals surface area contributed by atoms with E-state index in [2.05, 4.69) is 50.5 Å². The van der Waals surface area contributed by atoms with E-state index in [0.29, 0.717) is 30.0 Å². The highest BCUT2D eigenvalue weighted by Crippen LogP contribution is 2.74. The first-order valence-electron chi connectivity index (χ1n) is 14.7. The van der Waals surface area contributed by atoms with Crippen LogP contribution in [0.2, 0.25) is 0 Å². The molecule has 4 aliphatic carbocycles. The predicted octanol–water partition coefficient (Wildman–Crippen LogP) is 6.04. The lowest BCUT2D eigenvalue weighted by molar-refractivity contribution is -0.237. The van der Waals surface area contributed by atoms with Gasteiger partial charge in [-0.1, -0.05) is 50.5 Å². The fourth-order valence-corrected chi connectivity index (χ4v) is 10.2. The SMILES string of the molecule is CC(=O)OC[C@@]1(C(=O)OCCBr)CC[C@]2(C)[C@H](CC[C@@H]3[C@@]4(C)CC[C@H](OC(C)=O)C(C)(C)[C@@H]4CC[C@]32C)C1=O. The molecule has 220 valence electrons. The first kappa shape index (κ1) is 30.5. The van der Waals surface area contributed by atoms with Crippen LogP contribution in [0.4, 0.5) is 0 Å². The number of rotatable bonds is 6. The Balaban J connectivity index is 1.66. The minimum absolute atomic E-state index is 0.0747. The summed E-state index contributed by atoms with van der Waals surface area (Å²) in [6.07, 6.45) is 6.49. The summed E-state index contributed by atoms with van der Waals surface area (Å²) in [5, 5.41) is 0.478. The molecule has 0 aliphatic heterocycles. The second kappa shape index (κ2) is 10.4. The van der Waals surface area contributed by atoms with Gasteiger partial charge in [-0.2, -0.15) is 0 Å².